The third-order valence-corrected chi connectivity index (χ3v) is 8.12. The first-order valence-electron chi connectivity index (χ1n) is 12.8. The highest BCUT2D eigenvalue weighted by Gasteiger charge is 2.35. The fourth-order valence-electron chi connectivity index (χ4n) is 4.46. The molecule has 39 heavy (non-hydrogen) atoms. The molecule has 0 spiro atoms. The SMILES string of the molecule is CCCN(CCC)C(=N)/C(=N\S(=O)(=O)c1ccc(Cl)cc1)N1CC(c2ccccc2)C(c2ccc(Cl)cc2)=N1. The molecule has 0 saturated heterocycles. The van der Waals surface area contributed by atoms with Crippen molar-refractivity contribution in [1.82, 2.24) is 9.91 Å². The minimum Gasteiger partial charge on any atom is -0.354 e. The van der Waals surface area contributed by atoms with E-state index in [0.29, 0.717) is 29.7 Å². The maximum Gasteiger partial charge on any atom is 0.284 e. The monoisotopic (exact) mass is 583 g/mol. The summed E-state index contributed by atoms with van der Waals surface area (Å²) in [7, 11) is -4.16. The summed E-state index contributed by atoms with van der Waals surface area (Å²) in [6, 6.07) is 23.2. The van der Waals surface area contributed by atoms with Crippen LogP contribution in [0.5, 0.6) is 0 Å². The van der Waals surface area contributed by atoms with Crippen molar-refractivity contribution in [2.75, 3.05) is 19.6 Å². The third-order valence-electron chi connectivity index (χ3n) is 6.33. The average Bonchev–Trinajstić information content (AvgIpc) is 3.38. The van der Waals surface area contributed by atoms with Gasteiger partial charge < -0.3 is 4.90 Å². The number of hydrogen-bond donors (Lipinski definition) is 1. The van der Waals surface area contributed by atoms with Gasteiger partial charge in [0.2, 0.25) is 5.84 Å². The van der Waals surface area contributed by atoms with Crippen LogP contribution in [0.4, 0.5) is 0 Å². The second kappa shape index (κ2) is 12.8. The summed E-state index contributed by atoms with van der Waals surface area (Å²) in [4.78, 5) is 1.85. The number of nitrogens with zero attached hydrogens (tertiary/aromatic N) is 4. The molecule has 0 aliphatic carbocycles. The third kappa shape index (κ3) is 6.87. The minimum absolute atomic E-state index is 0.00422. The van der Waals surface area contributed by atoms with E-state index in [9.17, 15) is 8.42 Å². The van der Waals surface area contributed by atoms with Crippen LogP contribution >= 0.6 is 23.2 Å². The molecule has 1 heterocycles. The number of nitrogens with one attached hydrogen (secondary N) is 1. The zero-order valence-electron chi connectivity index (χ0n) is 21.9. The predicted octanol–water partition coefficient (Wildman–Crippen LogP) is 6.68. The van der Waals surface area contributed by atoms with E-state index < -0.39 is 10.0 Å². The van der Waals surface area contributed by atoms with Gasteiger partial charge in [-0.2, -0.15) is 13.5 Å². The van der Waals surface area contributed by atoms with Crippen LogP contribution in [0, 0.1) is 5.41 Å². The number of amidine groups is 2. The van der Waals surface area contributed by atoms with Crippen molar-refractivity contribution in [2.45, 2.75) is 37.5 Å². The highest BCUT2D eigenvalue weighted by atomic mass is 35.5. The first kappa shape index (κ1) is 28.8. The zero-order valence-corrected chi connectivity index (χ0v) is 24.2. The van der Waals surface area contributed by atoms with Crippen LogP contribution < -0.4 is 0 Å². The molecular weight excluding hydrogens is 553 g/mol. The smallest absolute Gasteiger partial charge is 0.284 e. The summed E-state index contributed by atoms with van der Waals surface area (Å²) < 4.78 is 31.1. The second-order valence-electron chi connectivity index (χ2n) is 9.22. The van der Waals surface area contributed by atoms with Gasteiger partial charge in [0, 0.05) is 29.1 Å². The second-order valence-corrected chi connectivity index (χ2v) is 11.7. The molecule has 10 heteroatoms. The zero-order chi connectivity index (χ0) is 28.0. The van der Waals surface area contributed by atoms with Crippen LogP contribution in [0.15, 0.2) is 93.3 Å². The van der Waals surface area contributed by atoms with Gasteiger partial charge in [0.1, 0.15) is 0 Å². The average molecular weight is 585 g/mol. The van der Waals surface area contributed by atoms with Gasteiger partial charge in [-0.15, -0.1) is 4.40 Å². The topological polar surface area (TPSA) is 89.2 Å². The summed E-state index contributed by atoms with van der Waals surface area (Å²) >= 11 is 12.1. The molecule has 0 fully saturated rings. The van der Waals surface area contributed by atoms with Gasteiger partial charge in [0.05, 0.1) is 17.2 Å². The molecule has 1 aliphatic heterocycles. The van der Waals surface area contributed by atoms with Crippen molar-refractivity contribution in [3.05, 3.63) is 100 Å². The Balaban J connectivity index is 1.84. The van der Waals surface area contributed by atoms with Crippen molar-refractivity contribution in [3.63, 3.8) is 0 Å². The Bertz CT molecular complexity index is 1450. The summed E-state index contributed by atoms with van der Waals surface area (Å²) in [5, 5.41) is 16.6. The lowest BCUT2D eigenvalue weighted by Crippen LogP contribution is -2.44. The molecule has 1 atom stereocenters. The fraction of sp³-hybridized carbons (Fsp3) is 0.276. The maximum atomic E-state index is 13.5. The standard InChI is InChI=1S/C29H31Cl2N5O2S/c1-3-18-35(19-4-2)28(32)29(34-39(37,38)25-16-14-24(31)15-17-25)36-20-26(21-8-6-5-7-9-21)27(33-36)22-10-12-23(30)13-11-22/h5-17,26,32H,3-4,18-20H2,1-2H3/b32-28?,34-29+. The Morgan fingerprint density at radius 3 is 2.08 bits per heavy atom. The predicted molar refractivity (Wildman–Crippen MR) is 160 cm³/mol. The Labute approximate surface area is 240 Å². The van der Waals surface area contributed by atoms with Crippen LogP contribution in [0.3, 0.4) is 0 Å². The molecule has 1 unspecified atom stereocenters. The summed E-state index contributed by atoms with van der Waals surface area (Å²) in [5.74, 6) is -0.171. The summed E-state index contributed by atoms with van der Waals surface area (Å²) in [6.45, 7) is 5.56. The Morgan fingerprint density at radius 2 is 1.51 bits per heavy atom. The van der Waals surface area contributed by atoms with Crippen LogP contribution in [0.1, 0.15) is 43.7 Å². The molecule has 1 aliphatic rings. The van der Waals surface area contributed by atoms with E-state index in [-0.39, 0.29) is 22.5 Å². The molecule has 0 aromatic heterocycles. The highest BCUT2D eigenvalue weighted by molar-refractivity contribution is 7.90. The molecule has 3 aromatic carbocycles. The van der Waals surface area contributed by atoms with Crippen molar-refractivity contribution in [2.24, 2.45) is 9.50 Å². The summed E-state index contributed by atoms with van der Waals surface area (Å²) in [5.41, 5.74) is 2.64. The quantitative estimate of drug-likeness (QED) is 0.236. The van der Waals surface area contributed by atoms with Gasteiger partial charge in [-0.3, -0.25) is 5.41 Å². The largest absolute Gasteiger partial charge is 0.354 e. The first-order valence-corrected chi connectivity index (χ1v) is 15.0. The van der Waals surface area contributed by atoms with E-state index in [1.165, 1.54) is 24.3 Å². The first-order chi connectivity index (χ1) is 18.7. The Kier molecular flexibility index (Phi) is 9.43. The summed E-state index contributed by atoms with van der Waals surface area (Å²) in [6.07, 6.45) is 1.59. The minimum atomic E-state index is -4.16. The van der Waals surface area contributed by atoms with E-state index in [1.807, 2.05) is 61.2 Å². The Morgan fingerprint density at radius 1 is 0.949 bits per heavy atom. The van der Waals surface area contributed by atoms with Crippen molar-refractivity contribution < 1.29 is 8.42 Å². The van der Waals surface area contributed by atoms with Gasteiger partial charge in [-0.1, -0.05) is 79.5 Å². The van der Waals surface area contributed by atoms with Crippen LogP contribution in [-0.4, -0.2) is 55.3 Å². The van der Waals surface area contributed by atoms with Crippen LogP contribution in [0.25, 0.3) is 0 Å². The van der Waals surface area contributed by atoms with E-state index in [4.69, 9.17) is 33.7 Å². The van der Waals surface area contributed by atoms with Gasteiger partial charge >= 0.3 is 0 Å². The van der Waals surface area contributed by atoms with Crippen LogP contribution in [0.2, 0.25) is 10.0 Å². The molecule has 0 amide bonds. The molecule has 1 N–H and O–H groups in total. The molecule has 204 valence electrons. The number of rotatable bonds is 8. The number of halogens is 2. The van der Waals surface area contributed by atoms with E-state index >= 15 is 0 Å². The molecule has 3 aromatic rings. The molecule has 0 radical (unpaired) electrons. The van der Waals surface area contributed by atoms with E-state index in [0.717, 1.165) is 29.7 Å². The lowest BCUT2D eigenvalue weighted by Gasteiger charge is -2.28. The van der Waals surface area contributed by atoms with Gasteiger partial charge in [-0.25, -0.2) is 5.01 Å². The van der Waals surface area contributed by atoms with E-state index in [2.05, 4.69) is 4.40 Å². The van der Waals surface area contributed by atoms with Crippen molar-refractivity contribution >= 4 is 50.6 Å². The van der Waals surface area contributed by atoms with Crippen LogP contribution in [-0.2, 0) is 10.0 Å². The number of benzene rings is 3. The normalized spacial score (nSPS) is 15.8. The molecule has 4 rings (SSSR count). The molecule has 7 nitrogen and oxygen atoms in total. The molecular formula is C29H31Cl2N5O2S. The molecule has 0 bridgehead atoms. The van der Waals surface area contributed by atoms with E-state index in [1.54, 1.807) is 17.1 Å². The number of hydrazone groups is 1. The van der Waals surface area contributed by atoms with Gasteiger partial charge in [0.15, 0.2) is 5.84 Å². The Hall–Kier alpha value is -3.20. The molecule has 0 saturated carbocycles. The van der Waals surface area contributed by atoms with Crippen molar-refractivity contribution in [1.29, 1.82) is 5.41 Å². The fourth-order valence-corrected chi connectivity index (χ4v) is 5.71. The van der Waals surface area contributed by atoms with Gasteiger partial charge in [-0.05, 0) is 60.4 Å². The van der Waals surface area contributed by atoms with Gasteiger partial charge in [0.25, 0.3) is 10.0 Å². The number of hydrogen-bond acceptors (Lipinski definition) is 4. The highest BCUT2D eigenvalue weighted by Crippen LogP contribution is 2.30. The maximum absolute atomic E-state index is 13.5. The number of sulfonamides is 1. The van der Waals surface area contributed by atoms with Crippen molar-refractivity contribution in [3.8, 4) is 0 Å². The lowest BCUT2D eigenvalue weighted by molar-refractivity contribution is 0.408. The lowest BCUT2D eigenvalue weighted by atomic mass is 9.91.